The summed E-state index contributed by atoms with van der Waals surface area (Å²) in [6.07, 6.45) is 0. The van der Waals surface area contributed by atoms with Crippen molar-refractivity contribution in [1.29, 1.82) is 0 Å². The maximum absolute atomic E-state index is 6.30. The molecule has 0 amide bonds. The Morgan fingerprint density at radius 3 is 2.65 bits per heavy atom. The molecule has 1 aromatic heterocycles. The number of rotatable bonds is 3. The molecule has 1 unspecified atom stereocenters. The van der Waals surface area contributed by atoms with Gasteiger partial charge in [0.1, 0.15) is 17.1 Å². The van der Waals surface area contributed by atoms with Crippen LogP contribution in [0.2, 0.25) is 0 Å². The Bertz CT molecular complexity index is 713. The number of para-hydroxylation sites is 1. The van der Waals surface area contributed by atoms with Crippen molar-refractivity contribution >= 4 is 11.0 Å². The molecule has 0 aliphatic rings. The third-order valence-corrected chi connectivity index (χ3v) is 3.54. The second-order valence-corrected chi connectivity index (χ2v) is 4.89. The number of fused-ring (bicyclic) bond motifs is 1. The maximum Gasteiger partial charge on any atom is 0.134 e. The van der Waals surface area contributed by atoms with Gasteiger partial charge in [-0.25, -0.2) is 0 Å². The molecule has 20 heavy (non-hydrogen) atoms. The molecule has 102 valence electrons. The zero-order chi connectivity index (χ0) is 14.1. The average molecular weight is 267 g/mol. The molecule has 3 nitrogen and oxygen atoms in total. The number of furan rings is 1. The minimum atomic E-state index is -0.295. The van der Waals surface area contributed by atoms with E-state index in [1.165, 1.54) is 0 Å². The van der Waals surface area contributed by atoms with Gasteiger partial charge in [-0.05, 0) is 36.2 Å². The molecule has 0 fully saturated rings. The Hall–Kier alpha value is -2.26. The molecule has 1 atom stereocenters. The van der Waals surface area contributed by atoms with E-state index in [0.29, 0.717) is 0 Å². The largest absolute Gasteiger partial charge is 0.496 e. The predicted octanol–water partition coefficient (Wildman–Crippen LogP) is 3.80. The molecule has 0 saturated carbocycles. The van der Waals surface area contributed by atoms with Gasteiger partial charge in [0.2, 0.25) is 0 Å². The van der Waals surface area contributed by atoms with Crippen molar-refractivity contribution in [2.24, 2.45) is 5.73 Å². The molecule has 0 aliphatic carbocycles. The summed E-state index contributed by atoms with van der Waals surface area (Å²) < 4.78 is 11.2. The highest BCUT2D eigenvalue weighted by atomic mass is 16.5. The Morgan fingerprint density at radius 2 is 1.90 bits per heavy atom. The Balaban J connectivity index is 2.01. The fourth-order valence-electron chi connectivity index (χ4n) is 2.35. The summed E-state index contributed by atoms with van der Waals surface area (Å²) >= 11 is 0. The van der Waals surface area contributed by atoms with Crippen LogP contribution >= 0.6 is 0 Å². The summed E-state index contributed by atoms with van der Waals surface area (Å²) in [6.45, 7) is 2.01. The van der Waals surface area contributed by atoms with E-state index in [2.05, 4.69) is 0 Å². The normalized spacial score (nSPS) is 12.6. The molecule has 3 aromatic rings. The van der Waals surface area contributed by atoms with Gasteiger partial charge < -0.3 is 14.9 Å². The minimum absolute atomic E-state index is 0.295. The van der Waals surface area contributed by atoms with Crippen molar-refractivity contribution in [3.05, 3.63) is 65.4 Å². The van der Waals surface area contributed by atoms with E-state index in [1.54, 1.807) is 7.11 Å². The SMILES string of the molecule is COc1cc(C(N)c2cc3ccccc3o2)ccc1C. The molecule has 2 aromatic carbocycles. The standard InChI is InChI=1S/C17H17NO2/c1-11-7-8-13(10-15(11)19-2)17(18)16-9-12-5-3-4-6-14(12)20-16/h3-10,17H,18H2,1-2H3. The number of benzene rings is 2. The summed E-state index contributed by atoms with van der Waals surface area (Å²) in [5.74, 6) is 1.60. The van der Waals surface area contributed by atoms with E-state index in [9.17, 15) is 0 Å². The van der Waals surface area contributed by atoms with Crippen LogP contribution in [0.5, 0.6) is 5.75 Å². The lowest BCUT2D eigenvalue weighted by Gasteiger charge is -2.12. The molecule has 2 N–H and O–H groups in total. The van der Waals surface area contributed by atoms with Crippen LogP contribution in [0, 0.1) is 6.92 Å². The first-order valence-corrected chi connectivity index (χ1v) is 6.57. The molecule has 0 saturated heterocycles. The van der Waals surface area contributed by atoms with Gasteiger partial charge in [0.25, 0.3) is 0 Å². The maximum atomic E-state index is 6.30. The molecule has 1 heterocycles. The highest BCUT2D eigenvalue weighted by Gasteiger charge is 2.15. The predicted molar refractivity (Wildman–Crippen MR) is 80.0 cm³/mol. The van der Waals surface area contributed by atoms with Crippen LogP contribution in [-0.2, 0) is 0 Å². The topological polar surface area (TPSA) is 48.4 Å². The Kier molecular flexibility index (Phi) is 3.20. The fraction of sp³-hybridized carbons (Fsp3) is 0.176. The monoisotopic (exact) mass is 267 g/mol. The van der Waals surface area contributed by atoms with Crippen LogP contribution in [0.25, 0.3) is 11.0 Å². The van der Waals surface area contributed by atoms with Crippen LogP contribution in [-0.4, -0.2) is 7.11 Å². The smallest absolute Gasteiger partial charge is 0.134 e. The Morgan fingerprint density at radius 1 is 1.10 bits per heavy atom. The zero-order valence-electron chi connectivity index (χ0n) is 11.6. The molecule has 0 aliphatic heterocycles. The number of hydrogen-bond acceptors (Lipinski definition) is 3. The van der Waals surface area contributed by atoms with E-state index in [1.807, 2.05) is 55.5 Å². The number of nitrogens with two attached hydrogens (primary N) is 1. The molecule has 3 rings (SSSR count). The van der Waals surface area contributed by atoms with Gasteiger partial charge in [-0.15, -0.1) is 0 Å². The summed E-state index contributed by atoms with van der Waals surface area (Å²) in [5, 5.41) is 1.07. The molecule has 0 radical (unpaired) electrons. The second-order valence-electron chi connectivity index (χ2n) is 4.89. The number of hydrogen-bond donors (Lipinski definition) is 1. The van der Waals surface area contributed by atoms with E-state index >= 15 is 0 Å². The number of ether oxygens (including phenoxy) is 1. The first-order valence-electron chi connectivity index (χ1n) is 6.57. The lowest BCUT2D eigenvalue weighted by atomic mass is 10.0. The first-order chi connectivity index (χ1) is 9.69. The van der Waals surface area contributed by atoms with Gasteiger partial charge in [-0.2, -0.15) is 0 Å². The van der Waals surface area contributed by atoms with Crippen molar-refractivity contribution in [2.75, 3.05) is 7.11 Å². The lowest BCUT2D eigenvalue weighted by Crippen LogP contribution is -2.11. The van der Waals surface area contributed by atoms with Crippen molar-refractivity contribution in [3.63, 3.8) is 0 Å². The van der Waals surface area contributed by atoms with Gasteiger partial charge in [0.15, 0.2) is 0 Å². The second kappa shape index (κ2) is 5.02. The van der Waals surface area contributed by atoms with Crippen molar-refractivity contribution in [1.82, 2.24) is 0 Å². The third kappa shape index (κ3) is 2.17. The zero-order valence-corrected chi connectivity index (χ0v) is 11.6. The van der Waals surface area contributed by atoms with Gasteiger partial charge >= 0.3 is 0 Å². The molecule has 0 bridgehead atoms. The van der Waals surface area contributed by atoms with Crippen LogP contribution in [0.4, 0.5) is 0 Å². The van der Waals surface area contributed by atoms with Crippen molar-refractivity contribution in [2.45, 2.75) is 13.0 Å². The molecular weight excluding hydrogens is 250 g/mol. The average Bonchev–Trinajstić information content (AvgIpc) is 2.91. The highest BCUT2D eigenvalue weighted by Crippen LogP contribution is 2.29. The van der Waals surface area contributed by atoms with Gasteiger partial charge in [0.05, 0.1) is 13.2 Å². The van der Waals surface area contributed by atoms with Crippen molar-refractivity contribution in [3.8, 4) is 5.75 Å². The Labute approximate surface area is 118 Å². The van der Waals surface area contributed by atoms with Gasteiger partial charge in [-0.1, -0.05) is 30.3 Å². The van der Waals surface area contributed by atoms with Gasteiger partial charge in [0, 0.05) is 5.39 Å². The summed E-state index contributed by atoms with van der Waals surface area (Å²) in [7, 11) is 1.67. The highest BCUT2D eigenvalue weighted by molar-refractivity contribution is 5.78. The quantitative estimate of drug-likeness (QED) is 0.785. The lowest BCUT2D eigenvalue weighted by molar-refractivity contribution is 0.410. The first kappa shape index (κ1) is 12.8. The van der Waals surface area contributed by atoms with Crippen LogP contribution < -0.4 is 10.5 Å². The molecular formula is C17H17NO2. The summed E-state index contributed by atoms with van der Waals surface area (Å²) in [6, 6.07) is 15.6. The molecule has 0 spiro atoms. The van der Waals surface area contributed by atoms with E-state index < -0.39 is 0 Å². The minimum Gasteiger partial charge on any atom is -0.496 e. The van der Waals surface area contributed by atoms with Crippen molar-refractivity contribution < 1.29 is 9.15 Å². The van der Waals surface area contributed by atoms with Crippen LogP contribution in [0.3, 0.4) is 0 Å². The fourth-order valence-corrected chi connectivity index (χ4v) is 2.35. The van der Waals surface area contributed by atoms with Crippen LogP contribution in [0.15, 0.2) is 52.9 Å². The molecule has 3 heteroatoms. The van der Waals surface area contributed by atoms with E-state index in [0.717, 1.165) is 33.6 Å². The summed E-state index contributed by atoms with van der Waals surface area (Å²) in [5.41, 5.74) is 9.23. The van der Waals surface area contributed by atoms with E-state index in [-0.39, 0.29) is 6.04 Å². The summed E-state index contributed by atoms with van der Waals surface area (Å²) in [4.78, 5) is 0. The van der Waals surface area contributed by atoms with Gasteiger partial charge in [-0.3, -0.25) is 0 Å². The number of aryl methyl sites for hydroxylation is 1. The van der Waals surface area contributed by atoms with E-state index in [4.69, 9.17) is 14.9 Å². The third-order valence-electron chi connectivity index (χ3n) is 3.54. The number of methoxy groups -OCH3 is 1. The van der Waals surface area contributed by atoms with Crippen LogP contribution in [0.1, 0.15) is 22.9 Å².